The molecule has 0 radical (unpaired) electrons. The van der Waals surface area contributed by atoms with Gasteiger partial charge in [0.2, 0.25) is 0 Å². The first kappa shape index (κ1) is 16.7. The van der Waals surface area contributed by atoms with Gasteiger partial charge in [0.15, 0.2) is 4.67 Å². The predicted molar refractivity (Wildman–Crippen MR) is 97.0 cm³/mol. The van der Waals surface area contributed by atoms with E-state index in [1.54, 1.807) is 18.2 Å². The average Bonchev–Trinajstić information content (AvgIpc) is 2.89. The third-order valence-electron chi connectivity index (χ3n) is 2.76. The molecule has 1 aromatic heterocycles. The monoisotopic (exact) mass is 399 g/mol. The maximum absolute atomic E-state index is 12.3. The van der Waals surface area contributed by atoms with Crippen molar-refractivity contribution in [1.82, 2.24) is 0 Å². The van der Waals surface area contributed by atoms with Gasteiger partial charge in [-0.1, -0.05) is 80.4 Å². The number of rotatable bonds is 4. The minimum atomic E-state index is -3.75. The third kappa shape index (κ3) is 4.05. The molecular formula is C15H10ClNO2S4. The van der Waals surface area contributed by atoms with Crippen LogP contribution in [0.2, 0.25) is 5.02 Å². The van der Waals surface area contributed by atoms with Gasteiger partial charge in [-0.2, -0.15) is 8.42 Å². The minimum Gasteiger partial charge on any atom is -0.199 e. The summed E-state index contributed by atoms with van der Waals surface area (Å²) in [6.45, 7) is 0. The molecular weight excluding hydrogens is 390 g/mol. The van der Waals surface area contributed by atoms with E-state index in [2.05, 4.69) is 4.40 Å². The Morgan fingerprint density at radius 2 is 1.52 bits per heavy atom. The van der Waals surface area contributed by atoms with Crippen molar-refractivity contribution in [3.63, 3.8) is 0 Å². The van der Waals surface area contributed by atoms with Crippen molar-refractivity contribution in [2.24, 2.45) is 4.40 Å². The van der Waals surface area contributed by atoms with Gasteiger partial charge in [-0.3, -0.25) is 0 Å². The van der Waals surface area contributed by atoms with Gasteiger partial charge in [-0.05, 0) is 24.3 Å². The molecule has 1 heterocycles. The lowest BCUT2D eigenvalue weighted by Crippen LogP contribution is -2.04. The smallest absolute Gasteiger partial charge is 0.199 e. The highest BCUT2D eigenvalue weighted by atomic mass is 35.5. The number of benzene rings is 2. The lowest BCUT2D eigenvalue weighted by molar-refractivity contribution is 0.597. The normalized spacial score (nSPS) is 12.5. The molecule has 0 spiro atoms. The van der Waals surface area contributed by atoms with E-state index >= 15 is 0 Å². The molecule has 0 unspecified atom stereocenters. The van der Waals surface area contributed by atoms with Gasteiger partial charge < -0.3 is 0 Å². The lowest BCUT2D eigenvalue weighted by Gasteiger charge is -1.98. The first-order valence-corrected chi connectivity index (χ1v) is 11.2. The van der Waals surface area contributed by atoms with Crippen LogP contribution in [-0.2, 0) is 10.0 Å². The van der Waals surface area contributed by atoms with Gasteiger partial charge >= 0.3 is 0 Å². The quantitative estimate of drug-likeness (QED) is 0.586. The molecule has 0 saturated heterocycles. The Balaban J connectivity index is 1.96. The van der Waals surface area contributed by atoms with Crippen molar-refractivity contribution in [3.8, 4) is 0 Å². The first-order chi connectivity index (χ1) is 11.1. The summed E-state index contributed by atoms with van der Waals surface area (Å²) >= 11 is 7.81. The van der Waals surface area contributed by atoms with E-state index in [4.69, 9.17) is 11.6 Å². The van der Waals surface area contributed by atoms with Crippen LogP contribution in [-0.4, -0.2) is 8.42 Å². The standard InChI is InChI=1S/C15H10ClNO2S4/c16-13-14(17-23(18,19)12-9-5-2-6-10-12)21-22-15(13)20-11-7-3-1-4-8-11/h1-10H/b17-14-. The highest BCUT2D eigenvalue weighted by molar-refractivity contribution is 8.03. The van der Waals surface area contributed by atoms with E-state index in [-0.39, 0.29) is 4.90 Å². The Hall–Kier alpha value is -1.12. The van der Waals surface area contributed by atoms with E-state index in [9.17, 15) is 8.42 Å². The van der Waals surface area contributed by atoms with Gasteiger partial charge in [0.25, 0.3) is 10.0 Å². The van der Waals surface area contributed by atoms with Gasteiger partial charge in [0.05, 0.1) is 9.10 Å². The van der Waals surface area contributed by atoms with Crippen LogP contribution >= 0.6 is 44.0 Å². The molecule has 0 fully saturated rings. The Kier molecular flexibility index (Phi) is 5.23. The highest BCUT2D eigenvalue weighted by Gasteiger charge is 2.15. The lowest BCUT2D eigenvalue weighted by atomic mass is 10.4. The number of nitrogens with zero attached hydrogens (tertiary/aromatic N) is 1. The Labute approximate surface area is 150 Å². The zero-order chi connectivity index (χ0) is 16.3. The van der Waals surface area contributed by atoms with Crippen LogP contribution in [0.4, 0.5) is 0 Å². The van der Waals surface area contributed by atoms with E-state index in [1.807, 2.05) is 30.3 Å². The SMILES string of the molecule is O=S(=O)(/N=c1\ssc(Sc2ccccc2)c1Cl)c1ccccc1. The summed E-state index contributed by atoms with van der Waals surface area (Å²) in [5.41, 5.74) is 0. The van der Waals surface area contributed by atoms with Crippen molar-refractivity contribution in [2.45, 2.75) is 14.0 Å². The molecule has 8 heteroatoms. The maximum Gasteiger partial charge on any atom is 0.283 e. The Morgan fingerprint density at radius 3 is 2.17 bits per heavy atom. The van der Waals surface area contributed by atoms with E-state index in [0.29, 0.717) is 9.69 Å². The summed E-state index contributed by atoms with van der Waals surface area (Å²) in [4.78, 5) is 1.20. The van der Waals surface area contributed by atoms with E-state index in [1.165, 1.54) is 44.6 Å². The van der Waals surface area contributed by atoms with Crippen molar-refractivity contribution in [2.75, 3.05) is 0 Å². The summed E-state index contributed by atoms with van der Waals surface area (Å²) in [5.74, 6) is 0. The molecule has 118 valence electrons. The second-order valence-corrected chi connectivity index (χ2v) is 9.82. The summed E-state index contributed by atoms with van der Waals surface area (Å²) in [6.07, 6.45) is 0. The molecule has 0 atom stereocenters. The van der Waals surface area contributed by atoms with E-state index < -0.39 is 10.0 Å². The molecule has 2 aromatic carbocycles. The molecule has 3 nitrogen and oxygen atoms in total. The van der Waals surface area contributed by atoms with Crippen LogP contribution in [0, 0.1) is 0 Å². The van der Waals surface area contributed by atoms with Gasteiger partial charge in [0.1, 0.15) is 5.02 Å². The second kappa shape index (κ2) is 7.19. The Morgan fingerprint density at radius 1 is 0.913 bits per heavy atom. The van der Waals surface area contributed by atoms with Crippen molar-refractivity contribution < 1.29 is 8.42 Å². The predicted octanol–water partition coefficient (Wildman–Crippen LogP) is 4.90. The van der Waals surface area contributed by atoms with Crippen molar-refractivity contribution in [1.29, 1.82) is 0 Å². The highest BCUT2D eigenvalue weighted by Crippen LogP contribution is 2.37. The van der Waals surface area contributed by atoms with Crippen LogP contribution in [0.1, 0.15) is 0 Å². The largest absolute Gasteiger partial charge is 0.283 e. The number of halogens is 1. The molecule has 0 aliphatic rings. The van der Waals surface area contributed by atoms with Crippen LogP contribution in [0.5, 0.6) is 0 Å². The van der Waals surface area contributed by atoms with Gasteiger partial charge in [-0.25, -0.2) is 0 Å². The van der Waals surface area contributed by atoms with Crippen LogP contribution in [0.3, 0.4) is 0 Å². The minimum absolute atomic E-state index is 0.159. The second-order valence-electron chi connectivity index (χ2n) is 4.37. The molecule has 0 N–H and O–H groups in total. The van der Waals surface area contributed by atoms with Crippen LogP contribution in [0.25, 0.3) is 0 Å². The van der Waals surface area contributed by atoms with Crippen molar-refractivity contribution in [3.05, 3.63) is 70.4 Å². The Bertz CT molecular complexity index is 963. The molecule has 0 saturated carbocycles. The number of hydrogen-bond acceptors (Lipinski definition) is 5. The fourth-order valence-electron chi connectivity index (χ4n) is 1.70. The summed E-state index contributed by atoms with van der Waals surface area (Å²) in [5, 5.41) is 0.383. The van der Waals surface area contributed by atoms with Gasteiger partial charge in [-0.15, -0.1) is 4.40 Å². The van der Waals surface area contributed by atoms with E-state index in [0.717, 1.165) is 9.10 Å². The van der Waals surface area contributed by atoms with Crippen LogP contribution < -0.4 is 4.67 Å². The molecule has 0 amide bonds. The topological polar surface area (TPSA) is 46.5 Å². The molecule has 0 aliphatic carbocycles. The van der Waals surface area contributed by atoms with Crippen LogP contribution in [0.15, 0.2) is 79.1 Å². The summed E-state index contributed by atoms with van der Waals surface area (Å²) in [7, 11) is -1.07. The molecule has 3 aromatic rings. The zero-order valence-electron chi connectivity index (χ0n) is 11.5. The summed E-state index contributed by atoms with van der Waals surface area (Å²) < 4.78 is 29.6. The zero-order valence-corrected chi connectivity index (χ0v) is 15.6. The third-order valence-corrected chi connectivity index (χ3v) is 8.70. The molecule has 3 rings (SSSR count). The molecule has 23 heavy (non-hydrogen) atoms. The maximum atomic E-state index is 12.3. The first-order valence-electron chi connectivity index (χ1n) is 6.44. The number of hydrogen-bond donors (Lipinski definition) is 0. The summed E-state index contributed by atoms with van der Waals surface area (Å²) in [6, 6.07) is 17.9. The number of sulfonamides is 1. The molecule has 0 aliphatic heterocycles. The molecule has 0 bridgehead atoms. The average molecular weight is 400 g/mol. The fraction of sp³-hybridized carbons (Fsp3) is 0. The van der Waals surface area contributed by atoms with Gasteiger partial charge in [0, 0.05) is 4.90 Å². The fourth-order valence-corrected chi connectivity index (χ4v) is 7.35. The van der Waals surface area contributed by atoms with Crippen molar-refractivity contribution >= 4 is 54.1 Å².